The standard InChI is InChI=1S/C18H22FN5O/c1-5-8-24-17(20-10-21-24)12(3)22-18(25)16-11(2)14-9-13(19)6-7-15(14)23(16)4/h6-7,9-10,12H,5,8H2,1-4H3,(H,22,25). The maximum Gasteiger partial charge on any atom is 0.268 e. The summed E-state index contributed by atoms with van der Waals surface area (Å²) in [5.74, 6) is 0.196. The molecule has 2 aromatic heterocycles. The van der Waals surface area contributed by atoms with Crippen molar-refractivity contribution in [3.63, 3.8) is 0 Å². The summed E-state index contributed by atoms with van der Waals surface area (Å²) in [4.78, 5) is 17.1. The minimum atomic E-state index is -0.311. The van der Waals surface area contributed by atoms with Gasteiger partial charge in [0.15, 0.2) is 0 Å². The lowest BCUT2D eigenvalue weighted by molar-refractivity contribution is 0.0929. The molecule has 2 heterocycles. The van der Waals surface area contributed by atoms with E-state index in [2.05, 4.69) is 22.3 Å². The molecular weight excluding hydrogens is 321 g/mol. The fraction of sp³-hybridized carbons (Fsp3) is 0.389. The van der Waals surface area contributed by atoms with Gasteiger partial charge >= 0.3 is 0 Å². The van der Waals surface area contributed by atoms with E-state index in [1.54, 1.807) is 15.3 Å². The van der Waals surface area contributed by atoms with Gasteiger partial charge in [-0.1, -0.05) is 6.92 Å². The van der Waals surface area contributed by atoms with E-state index in [9.17, 15) is 9.18 Å². The molecular formula is C18H22FN5O. The van der Waals surface area contributed by atoms with E-state index >= 15 is 0 Å². The van der Waals surface area contributed by atoms with Crippen molar-refractivity contribution in [2.75, 3.05) is 0 Å². The summed E-state index contributed by atoms with van der Waals surface area (Å²) in [6.07, 6.45) is 2.43. The van der Waals surface area contributed by atoms with Crippen molar-refractivity contribution in [1.82, 2.24) is 24.6 Å². The zero-order chi connectivity index (χ0) is 18.1. The number of carbonyl (C=O) groups is 1. The van der Waals surface area contributed by atoms with Gasteiger partial charge in [-0.05, 0) is 44.0 Å². The molecule has 25 heavy (non-hydrogen) atoms. The molecule has 6 nitrogen and oxygen atoms in total. The number of fused-ring (bicyclic) bond motifs is 1. The molecule has 0 saturated carbocycles. The van der Waals surface area contributed by atoms with Crippen molar-refractivity contribution >= 4 is 16.8 Å². The number of benzene rings is 1. The Morgan fingerprint density at radius 2 is 2.16 bits per heavy atom. The Hall–Kier alpha value is -2.70. The summed E-state index contributed by atoms with van der Waals surface area (Å²) in [7, 11) is 1.81. The van der Waals surface area contributed by atoms with Crippen LogP contribution in [0.3, 0.4) is 0 Å². The molecule has 0 saturated heterocycles. The molecule has 1 aromatic carbocycles. The molecule has 1 atom stereocenters. The summed E-state index contributed by atoms with van der Waals surface area (Å²) in [5.41, 5.74) is 2.11. The molecule has 0 fully saturated rings. The van der Waals surface area contributed by atoms with E-state index in [0.29, 0.717) is 5.69 Å². The lowest BCUT2D eigenvalue weighted by Gasteiger charge is -2.15. The van der Waals surface area contributed by atoms with Crippen LogP contribution in [0, 0.1) is 12.7 Å². The lowest BCUT2D eigenvalue weighted by atomic mass is 10.1. The van der Waals surface area contributed by atoms with Crippen LogP contribution < -0.4 is 5.32 Å². The van der Waals surface area contributed by atoms with Crippen LogP contribution in [0.15, 0.2) is 24.5 Å². The average molecular weight is 343 g/mol. The summed E-state index contributed by atoms with van der Waals surface area (Å²) < 4.78 is 17.1. The monoisotopic (exact) mass is 343 g/mol. The maximum atomic E-state index is 13.5. The third kappa shape index (κ3) is 3.01. The lowest BCUT2D eigenvalue weighted by Crippen LogP contribution is -2.30. The highest BCUT2D eigenvalue weighted by Crippen LogP contribution is 2.26. The van der Waals surface area contributed by atoms with Crippen LogP contribution in [0.25, 0.3) is 10.9 Å². The van der Waals surface area contributed by atoms with Crippen molar-refractivity contribution in [2.45, 2.75) is 39.8 Å². The minimum Gasteiger partial charge on any atom is -0.341 e. The number of nitrogens with one attached hydrogen (secondary N) is 1. The van der Waals surface area contributed by atoms with Gasteiger partial charge < -0.3 is 9.88 Å². The zero-order valence-corrected chi connectivity index (χ0v) is 14.9. The summed E-state index contributed by atoms with van der Waals surface area (Å²) in [5, 5.41) is 7.92. The van der Waals surface area contributed by atoms with E-state index in [1.165, 1.54) is 18.5 Å². The number of amides is 1. The number of nitrogens with zero attached hydrogens (tertiary/aromatic N) is 4. The predicted octanol–water partition coefficient (Wildman–Crippen LogP) is 3.12. The highest BCUT2D eigenvalue weighted by molar-refractivity contribution is 6.01. The largest absolute Gasteiger partial charge is 0.341 e. The summed E-state index contributed by atoms with van der Waals surface area (Å²) in [6.45, 7) is 6.53. The molecule has 1 N–H and O–H groups in total. The second kappa shape index (κ2) is 6.66. The van der Waals surface area contributed by atoms with E-state index in [1.807, 2.05) is 20.9 Å². The van der Waals surface area contributed by atoms with Gasteiger partial charge in [-0.2, -0.15) is 5.10 Å². The Labute approximate surface area is 145 Å². The first-order valence-electron chi connectivity index (χ1n) is 8.37. The Kier molecular flexibility index (Phi) is 4.57. The molecule has 132 valence electrons. The van der Waals surface area contributed by atoms with E-state index in [-0.39, 0.29) is 17.8 Å². The molecule has 3 rings (SSSR count). The number of halogens is 1. The molecule has 7 heteroatoms. The number of aryl methyl sites for hydroxylation is 3. The van der Waals surface area contributed by atoms with Crippen molar-refractivity contribution in [3.8, 4) is 0 Å². The topological polar surface area (TPSA) is 64.7 Å². The Morgan fingerprint density at radius 3 is 2.88 bits per heavy atom. The molecule has 0 radical (unpaired) electrons. The van der Waals surface area contributed by atoms with Crippen molar-refractivity contribution < 1.29 is 9.18 Å². The van der Waals surface area contributed by atoms with E-state index in [4.69, 9.17) is 0 Å². The van der Waals surface area contributed by atoms with Crippen LogP contribution >= 0.6 is 0 Å². The maximum absolute atomic E-state index is 13.5. The van der Waals surface area contributed by atoms with Gasteiger partial charge in [-0.15, -0.1) is 0 Å². The van der Waals surface area contributed by atoms with E-state index < -0.39 is 0 Å². The molecule has 0 bridgehead atoms. The minimum absolute atomic E-state index is 0.213. The molecule has 1 unspecified atom stereocenters. The molecule has 0 aliphatic rings. The normalized spacial score (nSPS) is 12.5. The number of hydrogen-bond acceptors (Lipinski definition) is 3. The number of hydrogen-bond donors (Lipinski definition) is 1. The first-order valence-corrected chi connectivity index (χ1v) is 8.37. The van der Waals surface area contributed by atoms with Crippen LogP contribution in [-0.2, 0) is 13.6 Å². The fourth-order valence-corrected chi connectivity index (χ4v) is 3.25. The quantitative estimate of drug-likeness (QED) is 0.774. The van der Waals surface area contributed by atoms with Crippen molar-refractivity contribution in [2.24, 2.45) is 7.05 Å². The van der Waals surface area contributed by atoms with Gasteiger partial charge in [0, 0.05) is 24.5 Å². The Balaban J connectivity index is 1.91. The van der Waals surface area contributed by atoms with Crippen LogP contribution in [-0.4, -0.2) is 25.2 Å². The first kappa shape index (κ1) is 17.1. The molecule has 0 aliphatic heterocycles. The smallest absolute Gasteiger partial charge is 0.268 e. The van der Waals surface area contributed by atoms with Gasteiger partial charge in [0.1, 0.15) is 23.7 Å². The zero-order valence-electron chi connectivity index (χ0n) is 14.9. The number of carbonyl (C=O) groups excluding carboxylic acids is 1. The number of aromatic nitrogens is 4. The fourth-order valence-electron chi connectivity index (χ4n) is 3.25. The van der Waals surface area contributed by atoms with Gasteiger partial charge in [0.05, 0.1) is 6.04 Å². The third-order valence-corrected chi connectivity index (χ3v) is 4.45. The predicted molar refractivity (Wildman–Crippen MR) is 93.8 cm³/mol. The first-order chi connectivity index (χ1) is 11.9. The Morgan fingerprint density at radius 1 is 1.40 bits per heavy atom. The van der Waals surface area contributed by atoms with E-state index in [0.717, 1.165) is 35.3 Å². The molecule has 1 amide bonds. The van der Waals surface area contributed by atoms with Gasteiger partial charge in [0.2, 0.25) is 0 Å². The van der Waals surface area contributed by atoms with Gasteiger partial charge in [-0.25, -0.2) is 14.1 Å². The molecule has 0 spiro atoms. The third-order valence-electron chi connectivity index (χ3n) is 4.45. The molecule has 3 aromatic rings. The number of rotatable bonds is 5. The average Bonchev–Trinajstić information content (AvgIpc) is 3.11. The van der Waals surface area contributed by atoms with Crippen molar-refractivity contribution in [1.29, 1.82) is 0 Å². The van der Waals surface area contributed by atoms with Gasteiger partial charge in [-0.3, -0.25) is 4.79 Å². The second-order valence-corrected chi connectivity index (χ2v) is 6.23. The summed E-state index contributed by atoms with van der Waals surface area (Å²) >= 11 is 0. The highest BCUT2D eigenvalue weighted by Gasteiger charge is 2.22. The Bertz CT molecular complexity index is 927. The summed E-state index contributed by atoms with van der Waals surface area (Å²) in [6, 6.07) is 4.27. The van der Waals surface area contributed by atoms with Crippen LogP contribution in [0.4, 0.5) is 4.39 Å². The van der Waals surface area contributed by atoms with Crippen LogP contribution in [0.5, 0.6) is 0 Å². The van der Waals surface area contributed by atoms with Crippen LogP contribution in [0.1, 0.15) is 48.2 Å². The SMILES string of the molecule is CCCn1ncnc1C(C)NC(=O)c1c(C)c2cc(F)ccc2n1C. The van der Waals surface area contributed by atoms with Crippen LogP contribution in [0.2, 0.25) is 0 Å². The van der Waals surface area contributed by atoms with Gasteiger partial charge in [0.25, 0.3) is 5.91 Å². The van der Waals surface area contributed by atoms with Crippen molar-refractivity contribution in [3.05, 3.63) is 47.4 Å². The molecule has 0 aliphatic carbocycles. The highest BCUT2D eigenvalue weighted by atomic mass is 19.1. The second-order valence-electron chi connectivity index (χ2n) is 6.23.